The first-order chi connectivity index (χ1) is 7.13. The van der Waals surface area contributed by atoms with Crippen LogP contribution >= 0.6 is 11.3 Å². The Morgan fingerprint density at radius 1 is 1.67 bits per heavy atom. The van der Waals surface area contributed by atoms with Crippen molar-refractivity contribution >= 4 is 11.3 Å². The zero-order valence-corrected chi connectivity index (χ0v) is 10.2. The first-order valence-electron chi connectivity index (χ1n) is 4.65. The summed E-state index contributed by atoms with van der Waals surface area (Å²) in [7, 11) is 3.75. The summed E-state index contributed by atoms with van der Waals surface area (Å²) < 4.78 is 5.16. The van der Waals surface area contributed by atoms with Gasteiger partial charge in [-0.3, -0.25) is 0 Å². The van der Waals surface area contributed by atoms with Crippen molar-refractivity contribution in [3.05, 3.63) is 11.1 Å². The summed E-state index contributed by atoms with van der Waals surface area (Å²) in [5.41, 5.74) is 5.19. The van der Waals surface area contributed by atoms with E-state index >= 15 is 0 Å². The highest BCUT2D eigenvalue weighted by Crippen LogP contribution is 2.18. The van der Waals surface area contributed by atoms with E-state index in [0.717, 1.165) is 4.88 Å². The molecule has 1 aromatic rings. The van der Waals surface area contributed by atoms with Crippen LogP contribution in [0.15, 0.2) is 6.20 Å². The van der Waals surface area contributed by atoms with Gasteiger partial charge in [0.2, 0.25) is 0 Å². The third-order valence-electron chi connectivity index (χ3n) is 1.27. The molecule has 0 radical (unpaired) electrons. The first kappa shape index (κ1) is 14.3. The number of ether oxygens (including phenoxy) is 1. The predicted octanol–water partition coefficient (Wildman–Crippen LogP) is -0.0145. The summed E-state index contributed by atoms with van der Waals surface area (Å²) >= 11 is 1.45. The molecule has 0 aliphatic heterocycles. The normalized spacial score (nSPS) is 11.5. The molecule has 15 heavy (non-hydrogen) atoms. The third-order valence-corrected chi connectivity index (χ3v) is 2.10. The van der Waals surface area contributed by atoms with Crippen LogP contribution in [-0.4, -0.2) is 43.4 Å². The summed E-state index contributed by atoms with van der Waals surface area (Å²) in [5.74, 6) is 0. The summed E-state index contributed by atoms with van der Waals surface area (Å²) in [6.45, 7) is 2.37. The monoisotopic (exact) mass is 233 g/mol. The van der Waals surface area contributed by atoms with Crippen LogP contribution in [0.4, 0.5) is 0 Å². The number of nitrogens with one attached hydrogen (secondary N) is 1. The molecule has 1 heterocycles. The number of hydrogen-bond donors (Lipinski definition) is 3. The van der Waals surface area contributed by atoms with Crippen molar-refractivity contribution in [3.8, 4) is 5.19 Å². The zero-order valence-electron chi connectivity index (χ0n) is 9.36. The van der Waals surface area contributed by atoms with Gasteiger partial charge >= 0.3 is 0 Å². The molecule has 1 aromatic heterocycles. The van der Waals surface area contributed by atoms with Crippen LogP contribution < -0.4 is 15.8 Å². The number of nitrogens with two attached hydrogens (primary N) is 1. The summed E-state index contributed by atoms with van der Waals surface area (Å²) in [6.07, 6.45) is 1.13. The fourth-order valence-corrected chi connectivity index (χ4v) is 1.25. The summed E-state index contributed by atoms with van der Waals surface area (Å²) in [5, 5.41) is 12.4. The van der Waals surface area contributed by atoms with E-state index in [-0.39, 0.29) is 13.2 Å². The molecule has 0 amide bonds. The first-order valence-corrected chi connectivity index (χ1v) is 5.47. The molecule has 0 fully saturated rings. The van der Waals surface area contributed by atoms with E-state index in [2.05, 4.69) is 10.3 Å². The highest BCUT2D eigenvalue weighted by atomic mass is 32.1. The number of aryl methyl sites for hydroxylation is 1. The number of nitrogens with zero attached hydrogens (tertiary/aromatic N) is 1. The lowest BCUT2D eigenvalue weighted by molar-refractivity contribution is 0.114. The minimum atomic E-state index is -0.603. The molecule has 5 nitrogen and oxygen atoms in total. The SMILES string of the molecule is CNC.Cc1cnc(OCC(O)CN)s1. The number of thiazole rings is 1. The number of hydrogen-bond acceptors (Lipinski definition) is 6. The lowest BCUT2D eigenvalue weighted by Gasteiger charge is -2.06. The molecule has 1 atom stereocenters. The van der Waals surface area contributed by atoms with Crippen molar-refractivity contribution in [1.82, 2.24) is 10.3 Å². The Morgan fingerprint density at radius 2 is 2.27 bits per heavy atom. The molecule has 0 spiro atoms. The highest BCUT2D eigenvalue weighted by molar-refractivity contribution is 7.13. The van der Waals surface area contributed by atoms with E-state index in [4.69, 9.17) is 15.6 Å². The Balaban J connectivity index is 0.000000583. The Hall–Kier alpha value is -0.690. The average Bonchev–Trinajstić information content (AvgIpc) is 2.62. The molecule has 0 bridgehead atoms. The lowest BCUT2D eigenvalue weighted by Crippen LogP contribution is -2.26. The standard InChI is InChI=1S/C7H12N2O2S.C2H7N/c1-5-3-9-7(12-5)11-4-6(10)2-8;1-3-2/h3,6,10H,2,4,8H2,1H3;3H,1-2H3. The van der Waals surface area contributed by atoms with Crippen LogP contribution in [0, 0.1) is 6.92 Å². The van der Waals surface area contributed by atoms with Gasteiger partial charge < -0.3 is 20.9 Å². The van der Waals surface area contributed by atoms with Gasteiger partial charge in [0, 0.05) is 17.6 Å². The number of aliphatic hydroxyl groups is 1. The van der Waals surface area contributed by atoms with Gasteiger partial charge in [-0.2, -0.15) is 0 Å². The molecule has 88 valence electrons. The molecule has 4 N–H and O–H groups in total. The van der Waals surface area contributed by atoms with Crippen molar-refractivity contribution in [3.63, 3.8) is 0 Å². The van der Waals surface area contributed by atoms with Crippen molar-refractivity contribution < 1.29 is 9.84 Å². The minimum absolute atomic E-state index is 0.212. The Bertz CT molecular complexity index is 255. The smallest absolute Gasteiger partial charge is 0.273 e. The number of rotatable bonds is 4. The van der Waals surface area contributed by atoms with Gasteiger partial charge in [0.15, 0.2) is 0 Å². The van der Waals surface area contributed by atoms with Crippen molar-refractivity contribution in [2.45, 2.75) is 13.0 Å². The van der Waals surface area contributed by atoms with Crippen LogP contribution in [0.2, 0.25) is 0 Å². The highest BCUT2D eigenvalue weighted by Gasteiger charge is 2.04. The molecule has 0 saturated carbocycles. The second-order valence-electron chi connectivity index (χ2n) is 2.94. The van der Waals surface area contributed by atoms with Crippen LogP contribution in [0.3, 0.4) is 0 Å². The lowest BCUT2D eigenvalue weighted by atomic mass is 10.4. The second-order valence-corrected chi connectivity index (χ2v) is 4.13. The van der Waals surface area contributed by atoms with Gasteiger partial charge in [-0.15, -0.1) is 0 Å². The minimum Gasteiger partial charge on any atom is -0.467 e. The maximum Gasteiger partial charge on any atom is 0.273 e. The third kappa shape index (κ3) is 7.26. The Kier molecular flexibility index (Phi) is 8.21. The topological polar surface area (TPSA) is 80.4 Å². The maximum absolute atomic E-state index is 9.05. The molecular formula is C9H19N3O2S. The largest absolute Gasteiger partial charge is 0.467 e. The van der Waals surface area contributed by atoms with E-state index < -0.39 is 6.10 Å². The predicted molar refractivity (Wildman–Crippen MR) is 62.4 cm³/mol. The Labute approximate surface area is 94.3 Å². The summed E-state index contributed by atoms with van der Waals surface area (Å²) in [4.78, 5) is 5.06. The fourth-order valence-electron chi connectivity index (χ4n) is 0.636. The van der Waals surface area contributed by atoms with Crippen LogP contribution in [0.25, 0.3) is 0 Å². The van der Waals surface area contributed by atoms with E-state index in [1.165, 1.54) is 11.3 Å². The van der Waals surface area contributed by atoms with Gasteiger partial charge in [0.05, 0.1) is 0 Å². The van der Waals surface area contributed by atoms with E-state index in [1.54, 1.807) is 6.20 Å². The van der Waals surface area contributed by atoms with E-state index in [0.29, 0.717) is 5.19 Å². The average molecular weight is 233 g/mol. The van der Waals surface area contributed by atoms with Gasteiger partial charge in [0.25, 0.3) is 5.19 Å². The van der Waals surface area contributed by atoms with Gasteiger partial charge in [-0.1, -0.05) is 11.3 Å². The molecule has 6 heteroatoms. The molecule has 1 unspecified atom stereocenters. The summed E-state index contributed by atoms with van der Waals surface area (Å²) in [6, 6.07) is 0. The van der Waals surface area contributed by atoms with Crippen molar-refractivity contribution in [2.75, 3.05) is 27.2 Å². The molecule has 0 aliphatic rings. The van der Waals surface area contributed by atoms with E-state index in [9.17, 15) is 0 Å². The van der Waals surface area contributed by atoms with Crippen molar-refractivity contribution in [1.29, 1.82) is 0 Å². The quantitative estimate of drug-likeness (QED) is 0.681. The number of aromatic nitrogens is 1. The Morgan fingerprint density at radius 3 is 2.67 bits per heavy atom. The second kappa shape index (κ2) is 8.60. The molecule has 0 aliphatic carbocycles. The molecule has 0 aromatic carbocycles. The van der Waals surface area contributed by atoms with Crippen LogP contribution in [-0.2, 0) is 0 Å². The van der Waals surface area contributed by atoms with E-state index in [1.807, 2.05) is 21.0 Å². The molecule has 1 rings (SSSR count). The van der Waals surface area contributed by atoms with Gasteiger partial charge in [-0.25, -0.2) is 4.98 Å². The van der Waals surface area contributed by atoms with Gasteiger partial charge in [0.1, 0.15) is 12.7 Å². The maximum atomic E-state index is 9.05. The number of aliphatic hydroxyl groups excluding tert-OH is 1. The zero-order chi connectivity index (χ0) is 11.7. The molecular weight excluding hydrogens is 214 g/mol. The molecule has 0 saturated heterocycles. The van der Waals surface area contributed by atoms with Crippen molar-refractivity contribution in [2.24, 2.45) is 5.73 Å². The fraction of sp³-hybridized carbons (Fsp3) is 0.667. The van der Waals surface area contributed by atoms with Gasteiger partial charge in [-0.05, 0) is 21.0 Å². The van der Waals surface area contributed by atoms with Crippen LogP contribution in [0.1, 0.15) is 4.88 Å². The van der Waals surface area contributed by atoms with Crippen LogP contribution in [0.5, 0.6) is 5.19 Å².